The second-order valence-electron chi connectivity index (χ2n) is 11.6. The molecule has 0 aliphatic carbocycles. The monoisotopic (exact) mass is 641 g/mol. The SMILES string of the molecule is CC(C)(C)C(O)CC(O)C(C)(C)C.Cc1c[c-]c(-c2nc3cc(C)cc(C)c3cc2C)cc1.[Ir]. The van der Waals surface area contributed by atoms with E-state index in [1.807, 2.05) is 47.6 Å². The number of nitrogens with zero attached hydrogens (tertiary/aromatic N) is 1. The zero-order valence-electron chi connectivity index (χ0n) is 22.5. The summed E-state index contributed by atoms with van der Waals surface area (Å²) in [5.41, 5.74) is 7.83. The molecule has 4 heteroatoms. The Morgan fingerprint density at radius 3 is 1.82 bits per heavy atom. The van der Waals surface area contributed by atoms with Gasteiger partial charge in [-0.3, -0.25) is 4.98 Å². The number of pyridine rings is 1. The van der Waals surface area contributed by atoms with Crippen molar-refractivity contribution in [3.05, 3.63) is 64.7 Å². The number of rotatable bonds is 3. The van der Waals surface area contributed by atoms with E-state index in [4.69, 9.17) is 4.98 Å². The van der Waals surface area contributed by atoms with Crippen molar-refractivity contribution in [2.45, 2.75) is 87.9 Å². The fourth-order valence-corrected chi connectivity index (χ4v) is 3.57. The van der Waals surface area contributed by atoms with Gasteiger partial charge >= 0.3 is 0 Å². The van der Waals surface area contributed by atoms with Gasteiger partial charge in [0.2, 0.25) is 0 Å². The minimum absolute atomic E-state index is 0. The van der Waals surface area contributed by atoms with E-state index in [0.717, 1.165) is 16.8 Å². The number of hydrogen-bond donors (Lipinski definition) is 2. The third-order valence-electron chi connectivity index (χ3n) is 6.15. The summed E-state index contributed by atoms with van der Waals surface area (Å²) in [4.78, 5) is 4.87. The van der Waals surface area contributed by atoms with E-state index in [1.165, 1.54) is 27.6 Å². The molecule has 0 aliphatic rings. The van der Waals surface area contributed by atoms with Gasteiger partial charge in [0.25, 0.3) is 0 Å². The van der Waals surface area contributed by atoms with Crippen LogP contribution in [-0.4, -0.2) is 27.4 Å². The molecule has 0 aliphatic heterocycles. The van der Waals surface area contributed by atoms with Crippen molar-refractivity contribution in [3.63, 3.8) is 0 Å². The Balaban J connectivity index is 0.000000364. The van der Waals surface area contributed by atoms with Gasteiger partial charge in [-0.25, -0.2) is 0 Å². The maximum atomic E-state index is 9.76. The average molecular weight is 641 g/mol. The fraction of sp³-hybridized carbons (Fsp3) is 0.500. The van der Waals surface area contributed by atoms with Crippen LogP contribution in [0.3, 0.4) is 0 Å². The number of aliphatic hydroxyl groups excluding tert-OH is 2. The Morgan fingerprint density at radius 1 is 0.794 bits per heavy atom. The molecule has 0 saturated carbocycles. The number of benzene rings is 2. The summed E-state index contributed by atoms with van der Waals surface area (Å²) < 4.78 is 0. The molecule has 0 spiro atoms. The molecule has 2 unspecified atom stereocenters. The molecule has 189 valence electrons. The maximum Gasteiger partial charge on any atom is 0.0613 e. The summed E-state index contributed by atoms with van der Waals surface area (Å²) in [6, 6.07) is 16.1. The summed E-state index contributed by atoms with van der Waals surface area (Å²) in [6.07, 6.45) is -0.434. The Kier molecular flexibility index (Phi) is 10.7. The predicted octanol–water partition coefficient (Wildman–Crippen LogP) is 7.12. The zero-order valence-corrected chi connectivity index (χ0v) is 24.9. The molecule has 1 heterocycles. The number of aliphatic hydroxyl groups is 2. The van der Waals surface area contributed by atoms with E-state index in [1.54, 1.807) is 0 Å². The molecule has 0 amide bonds. The van der Waals surface area contributed by atoms with Gasteiger partial charge in [0.1, 0.15) is 0 Å². The van der Waals surface area contributed by atoms with E-state index in [0.29, 0.717) is 6.42 Å². The van der Waals surface area contributed by atoms with Crippen LogP contribution in [0.1, 0.15) is 70.2 Å². The molecular weight excluding hydrogens is 599 g/mol. The molecule has 2 aromatic carbocycles. The van der Waals surface area contributed by atoms with Crippen molar-refractivity contribution < 1.29 is 30.3 Å². The third-order valence-corrected chi connectivity index (χ3v) is 6.15. The van der Waals surface area contributed by atoms with E-state index >= 15 is 0 Å². The minimum Gasteiger partial charge on any atom is -0.392 e. The van der Waals surface area contributed by atoms with Crippen LogP contribution in [0.25, 0.3) is 22.2 Å². The zero-order chi connectivity index (χ0) is 25.1. The molecule has 1 radical (unpaired) electrons. The van der Waals surface area contributed by atoms with Crippen molar-refractivity contribution in [1.29, 1.82) is 0 Å². The van der Waals surface area contributed by atoms with Crippen molar-refractivity contribution in [1.82, 2.24) is 4.98 Å². The minimum atomic E-state index is -0.443. The van der Waals surface area contributed by atoms with Crippen LogP contribution in [0.15, 0.2) is 36.4 Å². The molecule has 2 N–H and O–H groups in total. The predicted molar refractivity (Wildman–Crippen MR) is 141 cm³/mol. The largest absolute Gasteiger partial charge is 0.392 e. The van der Waals surface area contributed by atoms with Crippen molar-refractivity contribution in [2.75, 3.05) is 0 Å². The molecular formula is C30H42IrNO2-. The molecule has 3 nitrogen and oxygen atoms in total. The number of fused-ring (bicyclic) bond motifs is 1. The quantitative estimate of drug-likeness (QED) is 0.300. The van der Waals surface area contributed by atoms with Gasteiger partial charge in [0.15, 0.2) is 0 Å². The van der Waals surface area contributed by atoms with Gasteiger partial charge < -0.3 is 10.2 Å². The molecule has 0 bridgehead atoms. The first-order valence-corrected chi connectivity index (χ1v) is 11.8. The van der Waals surface area contributed by atoms with Gasteiger partial charge in [-0.15, -0.1) is 35.4 Å². The van der Waals surface area contributed by atoms with Crippen molar-refractivity contribution >= 4 is 10.9 Å². The van der Waals surface area contributed by atoms with E-state index in [9.17, 15) is 10.2 Å². The summed E-state index contributed by atoms with van der Waals surface area (Å²) >= 11 is 0. The van der Waals surface area contributed by atoms with Crippen LogP contribution in [0, 0.1) is 44.6 Å². The van der Waals surface area contributed by atoms with Gasteiger partial charge in [-0.05, 0) is 54.5 Å². The van der Waals surface area contributed by atoms with Gasteiger partial charge in [-0.2, -0.15) is 0 Å². The average Bonchev–Trinajstić information content (AvgIpc) is 2.68. The topological polar surface area (TPSA) is 53.4 Å². The van der Waals surface area contributed by atoms with Crippen LogP contribution in [-0.2, 0) is 20.1 Å². The standard InChI is InChI=1S/C19H18N.C11H24O2.Ir/c1-12-5-7-16(8-6-12)19-15(4)11-17-14(3)9-13(2)10-18(17)20-19;1-10(2,3)8(12)7-9(13)11(4,5)6;/h5-7,9-11H,1-4H3;8-9,12-13H,7H2,1-6H3;/q-1;;. The van der Waals surface area contributed by atoms with Crippen LogP contribution < -0.4 is 0 Å². The molecule has 3 rings (SSSR count). The molecule has 3 aromatic rings. The van der Waals surface area contributed by atoms with Crippen LogP contribution in [0.4, 0.5) is 0 Å². The maximum absolute atomic E-state index is 9.76. The van der Waals surface area contributed by atoms with Crippen LogP contribution in [0.5, 0.6) is 0 Å². The Morgan fingerprint density at radius 2 is 1.35 bits per heavy atom. The molecule has 34 heavy (non-hydrogen) atoms. The fourth-order valence-electron chi connectivity index (χ4n) is 3.57. The summed E-state index contributed by atoms with van der Waals surface area (Å²) in [6.45, 7) is 20.3. The molecule has 1 aromatic heterocycles. The molecule has 0 saturated heterocycles. The molecule has 2 atom stereocenters. The van der Waals surface area contributed by atoms with E-state index < -0.39 is 12.2 Å². The first kappa shape index (κ1) is 30.5. The summed E-state index contributed by atoms with van der Waals surface area (Å²) in [5.74, 6) is 0. The normalized spacial score (nSPS) is 13.5. The van der Waals surface area contributed by atoms with E-state index in [-0.39, 0.29) is 30.9 Å². The Labute approximate surface area is 220 Å². The summed E-state index contributed by atoms with van der Waals surface area (Å²) in [7, 11) is 0. The van der Waals surface area contributed by atoms with Gasteiger partial charge in [-0.1, -0.05) is 66.2 Å². The Hall–Kier alpha value is -1.58. The van der Waals surface area contributed by atoms with Crippen LogP contribution >= 0.6 is 0 Å². The van der Waals surface area contributed by atoms with E-state index in [2.05, 4.69) is 64.1 Å². The molecule has 0 fully saturated rings. The second-order valence-corrected chi connectivity index (χ2v) is 11.6. The first-order valence-electron chi connectivity index (χ1n) is 11.8. The van der Waals surface area contributed by atoms with Gasteiger partial charge in [0.05, 0.1) is 17.7 Å². The Bertz CT molecular complexity index is 1060. The van der Waals surface area contributed by atoms with Crippen molar-refractivity contribution in [2.24, 2.45) is 10.8 Å². The number of hydrogen-bond acceptors (Lipinski definition) is 3. The first-order chi connectivity index (χ1) is 15.1. The number of aromatic nitrogens is 1. The number of aryl methyl sites for hydroxylation is 4. The van der Waals surface area contributed by atoms with Crippen molar-refractivity contribution in [3.8, 4) is 11.3 Å². The summed E-state index contributed by atoms with van der Waals surface area (Å²) in [5, 5.41) is 20.8. The van der Waals surface area contributed by atoms with Crippen LogP contribution in [0.2, 0.25) is 0 Å². The van der Waals surface area contributed by atoms with Gasteiger partial charge in [0, 0.05) is 31.9 Å². The second kappa shape index (κ2) is 11.9. The third kappa shape index (κ3) is 8.27. The smallest absolute Gasteiger partial charge is 0.0613 e.